The zero-order valence-electron chi connectivity index (χ0n) is 13.8. The summed E-state index contributed by atoms with van der Waals surface area (Å²) in [6.45, 7) is 7.75. The van der Waals surface area contributed by atoms with Crippen LogP contribution >= 0.6 is 23.2 Å². The second-order valence-electron chi connectivity index (χ2n) is 6.07. The average molecular weight is 365 g/mol. The lowest BCUT2D eigenvalue weighted by Crippen LogP contribution is -2.47. The highest BCUT2D eigenvalue weighted by atomic mass is 35.5. The monoisotopic (exact) mass is 364 g/mol. The van der Waals surface area contributed by atoms with Crippen molar-refractivity contribution in [3.8, 4) is 5.75 Å². The zero-order valence-corrected chi connectivity index (χ0v) is 15.4. The lowest BCUT2D eigenvalue weighted by Gasteiger charge is -2.36. The molecule has 0 N–H and O–H groups in total. The predicted molar refractivity (Wildman–Crippen MR) is 102 cm³/mol. The van der Waals surface area contributed by atoms with Gasteiger partial charge in [-0.05, 0) is 48.9 Å². The van der Waals surface area contributed by atoms with Gasteiger partial charge >= 0.3 is 0 Å². The van der Waals surface area contributed by atoms with Crippen molar-refractivity contribution in [2.24, 2.45) is 0 Å². The second-order valence-corrected chi connectivity index (χ2v) is 6.94. The molecule has 0 aliphatic carbocycles. The summed E-state index contributed by atoms with van der Waals surface area (Å²) in [6, 6.07) is 13.8. The van der Waals surface area contributed by atoms with E-state index in [1.54, 1.807) is 0 Å². The third kappa shape index (κ3) is 4.56. The summed E-state index contributed by atoms with van der Waals surface area (Å²) >= 11 is 12.1. The predicted octanol–water partition coefficient (Wildman–Crippen LogP) is 4.50. The van der Waals surface area contributed by atoms with Crippen molar-refractivity contribution < 1.29 is 4.74 Å². The van der Waals surface area contributed by atoms with Crippen LogP contribution in [0.15, 0.2) is 42.5 Å². The van der Waals surface area contributed by atoms with E-state index in [0.29, 0.717) is 6.61 Å². The lowest BCUT2D eigenvalue weighted by molar-refractivity contribution is 0.200. The van der Waals surface area contributed by atoms with E-state index in [1.807, 2.05) is 43.3 Å². The van der Waals surface area contributed by atoms with Crippen molar-refractivity contribution in [2.75, 3.05) is 44.2 Å². The Morgan fingerprint density at radius 2 is 1.71 bits per heavy atom. The maximum atomic E-state index is 6.08. The number of halogens is 2. The molecule has 3 rings (SSSR count). The molecule has 5 heteroatoms. The highest BCUT2D eigenvalue weighted by Crippen LogP contribution is 2.22. The van der Waals surface area contributed by atoms with Crippen molar-refractivity contribution in [1.29, 1.82) is 0 Å². The first kappa shape index (κ1) is 17.4. The van der Waals surface area contributed by atoms with E-state index >= 15 is 0 Å². The molecule has 0 radical (unpaired) electrons. The maximum Gasteiger partial charge on any atom is 0.122 e. The van der Waals surface area contributed by atoms with Gasteiger partial charge in [-0.1, -0.05) is 29.3 Å². The largest absolute Gasteiger partial charge is 0.492 e. The van der Waals surface area contributed by atoms with Crippen LogP contribution in [-0.4, -0.2) is 44.2 Å². The molecule has 1 fully saturated rings. The Morgan fingerprint density at radius 3 is 2.42 bits per heavy atom. The fraction of sp³-hybridized carbons (Fsp3) is 0.368. The van der Waals surface area contributed by atoms with E-state index in [1.165, 1.54) is 5.69 Å². The minimum Gasteiger partial charge on any atom is -0.492 e. The quantitative estimate of drug-likeness (QED) is 0.776. The molecule has 1 aliphatic rings. The highest BCUT2D eigenvalue weighted by molar-refractivity contribution is 6.31. The van der Waals surface area contributed by atoms with Gasteiger partial charge in [0.1, 0.15) is 12.4 Å². The lowest BCUT2D eigenvalue weighted by atomic mass is 10.2. The summed E-state index contributed by atoms with van der Waals surface area (Å²) in [5, 5.41) is 1.54. The molecule has 3 nitrogen and oxygen atoms in total. The van der Waals surface area contributed by atoms with Crippen LogP contribution in [0.3, 0.4) is 0 Å². The molecule has 0 atom stereocenters. The van der Waals surface area contributed by atoms with E-state index in [4.69, 9.17) is 27.9 Å². The molecule has 1 heterocycles. The van der Waals surface area contributed by atoms with Crippen LogP contribution in [0.2, 0.25) is 10.0 Å². The first-order chi connectivity index (χ1) is 11.6. The fourth-order valence-electron chi connectivity index (χ4n) is 2.96. The van der Waals surface area contributed by atoms with Gasteiger partial charge in [-0.15, -0.1) is 0 Å². The Kier molecular flexibility index (Phi) is 5.88. The van der Waals surface area contributed by atoms with Crippen molar-refractivity contribution in [2.45, 2.75) is 6.92 Å². The van der Waals surface area contributed by atoms with Gasteiger partial charge in [-0.25, -0.2) is 0 Å². The van der Waals surface area contributed by atoms with Gasteiger partial charge in [-0.2, -0.15) is 0 Å². The number of piperazine rings is 1. The Hall–Kier alpha value is -1.42. The molecule has 0 amide bonds. The van der Waals surface area contributed by atoms with Gasteiger partial charge in [0.2, 0.25) is 0 Å². The van der Waals surface area contributed by atoms with E-state index < -0.39 is 0 Å². The van der Waals surface area contributed by atoms with Gasteiger partial charge in [0.05, 0.1) is 0 Å². The Balaban J connectivity index is 1.44. The van der Waals surface area contributed by atoms with Gasteiger partial charge < -0.3 is 9.64 Å². The summed E-state index contributed by atoms with van der Waals surface area (Å²) in [5.74, 6) is 0.914. The van der Waals surface area contributed by atoms with Crippen LogP contribution in [0.4, 0.5) is 5.69 Å². The van der Waals surface area contributed by atoms with Crippen LogP contribution in [0.25, 0.3) is 0 Å². The van der Waals surface area contributed by atoms with E-state index in [2.05, 4.69) is 15.9 Å². The number of ether oxygens (including phenoxy) is 1. The van der Waals surface area contributed by atoms with E-state index in [9.17, 15) is 0 Å². The molecule has 24 heavy (non-hydrogen) atoms. The average Bonchev–Trinajstić information content (AvgIpc) is 2.57. The number of nitrogens with zero attached hydrogens (tertiary/aromatic N) is 2. The van der Waals surface area contributed by atoms with Gasteiger partial charge in [0.25, 0.3) is 0 Å². The third-order valence-corrected chi connectivity index (χ3v) is 4.82. The van der Waals surface area contributed by atoms with E-state index in [0.717, 1.165) is 54.1 Å². The van der Waals surface area contributed by atoms with Crippen LogP contribution in [0, 0.1) is 6.92 Å². The van der Waals surface area contributed by atoms with Crippen LogP contribution in [-0.2, 0) is 0 Å². The second kappa shape index (κ2) is 8.11. The van der Waals surface area contributed by atoms with Gasteiger partial charge in [0, 0.05) is 48.5 Å². The molecule has 128 valence electrons. The summed E-state index contributed by atoms with van der Waals surface area (Å²) < 4.78 is 5.89. The summed E-state index contributed by atoms with van der Waals surface area (Å²) in [5.41, 5.74) is 2.28. The topological polar surface area (TPSA) is 15.7 Å². The molecular formula is C19H22Cl2N2O. The van der Waals surface area contributed by atoms with Crippen LogP contribution in [0.5, 0.6) is 5.75 Å². The number of benzene rings is 2. The Morgan fingerprint density at radius 1 is 0.958 bits per heavy atom. The highest BCUT2D eigenvalue weighted by Gasteiger charge is 2.17. The van der Waals surface area contributed by atoms with Crippen molar-refractivity contribution >= 4 is 28.9 Å². The van der Waals surface area contributed by atoms with Gasteiger partial charge in [0.15, 0.2) is 0 Å². The molecule has 0 saturated carbocycles. The number of hydrogen-bond donors (Lipinski definition) is 0. The molecule has 2 aromatic rings. The molecule has 0 spiro atoms. The first-order valence-electron chi connectivity index (χ1n) is 8.23. The standard InChI is InChI=1S/C19H22Cl2N2O/c1-15-13-17(21)5-6-19(15)24-12-11-22-7-9-23(10-8-22)18-4-2-3-16(20)14-18/h2-6,13-14H,7-12H2,1H3. The molecular weight excluding hydrogens is 343 g/mol. The van der Waals surface area contributed by atoms with Crippen LogP contribution < -0.4 is 9.64 Å². The number of rotatable bonds is 5. The smallest absolute Gasteiger partial charge is 0.122 e. The number of anilines is 1. The molecule has 1 saturated heterocycles. The minimum absolute atomic E-state index is 0.694. The van der Waals surface area contributed by atoms with Crippen molar-refractivity contribution in [1.82, 2.24) is 4.90 Å². The number of aryl methyl sites for hydroxylation is 1. The summed E-state index contributed by atoms with van der Waals surface area (Å²) in [7, 11) is 0. The Bertz CT molecular complexity index is 685. The first-order valence-corrected chi connectivity index (χ1v) is 8.99. The molecule has 0 aromatic heterocycles. The third-order valence-electron chi connectivity index (χ3n) is 4.35. The summed E-state index contributed by atoms with van der Waals surface area (Å²) in [4.78, 5) is 4.82. The van der Waals surface area contributed by atoms with Crippen molar-refractivity contribution in [3.63, 3.8) is 0 Å². The number of hydrogen-bond acceptors (Lipinski definition) is 3. The van der Waals surface area contributed by atoms with E-state index in [-0.39, 0.29) is 0 Å². The zero-order chi connectivity index (χ0) is 16.9. The molecule has 2 aromatic carbocycles. The van der Waals surface area contributed by atoms with Crippen LogP contribution in [0.1, 0.15) is 5.56 Å². The van der Waals surface area contributed by atoms with Gasteiger partial charge in [-0.3, -0.25) is 4.90 Å². The normalized spacial score (nSPS) is 15.5. The molecule has 1 aliphatic heterocycles. The minimum atomic E-state index is 0.694. The Labute approximate surface area is 153 Å². The molecule has 0 unspecified atom stereocenters. The maximum absolute atomic E-state index is 6.08. The van der Waals surface area contributed by atoms with Crippen molar-refractivity contribution in [3.05, 3.63) is 58.1 Å². The SMILES string of the molecule is Cc1cc(Cl)ccc1OCCN1CCN(c2cccc(Cl)c2)CC1. The molecule has 0 bridgehead atoms. The summed E-state index contributed by atoms with van der Waals surface area (Å²) in [6.07, 6.45) is 0. The fourth-order valence-corrected chi connectivity index (χ4v) is 3.37.